The van der Waals surface area contributed by atoms with Gasteiger partial charge in [-0.25, -0.2) is 4.39 Å². The van der Waals surface area contributed by atoms with Crippen LogP contribution in [0.25, 0.3) is 0 Å². The first kappa shape index (κ1) is 12.7. The molecule has 92 valence electrons. The number of ketones is 1. The van der Waals surface area contributed by atoms with Crippen LogP contribution >= 0.6 is 15.9 Å². The highest BCUT2D eigenvalue weighted by molar-refractivity contribution is 9.10. The Balaban J connectivity index is 2.02. The third-order valence-electron chi connectivity index (χ3n) is 3.08. The monoisotopic (exact) mass is 299 g/mol. The molecule has 1 atom stereocenters. The summed E-state index contributed by atoms with van der Waals surface area (Å²) in [6.45, 7) is 0.918. The number of hydrogen-bond donors (Lipinski definition) is 1. The number of Topliss-reactive ketones (excluding diaryl/α,β-unsaturated/α-hetero) is 1. The number of rotatable bonds is 3. The van der Waals surface area contributed by atoms with E-state index < -0.39 is 0 Å². The number of carbonyl (C=O) groups excluding carboxylic acids is 1. The smallest absolute Gasteiger partial charge is 0.154 e. The van der Waals surface area contributed by atoms with Crippen molar-refractivity contribution in [2.24, 2.45) is 0 Å². The lowest BCUT2D eigenvalue weighted by Gasteiger charge is -2.22. The second kappa shape index (κ2) is 5.74. The Bertz CT molecular complexity index is 416. The summed E-state index contributed by atoms with van der Waals surface area (Å²) in [5.74, 6) is -0.0964. The molecular formula is C13H15BrFNO. The Labute approximate surface area is 109 Å². The van der Waals surface area contributed by atoms with E-state index in [9.17, 15) is 9.18 Å². The van der Waals surface area contributed by atoms with Crippen LogP contribution in [0.3, 0.4) is 0 Å². The SMILES string of the molecule is O=C(Cc1ccc(F)cc1Br)C1CCCCN1. The number of halogens is 2. The number of nitrogens with one attached hydrogen (secondary N) is 1. The van der Waals surface area contributed by atoms with Gasteiger partial charge >= 0.3 is 0 Å². The first-order valence-corrected chi connectivity index (χ1v) is 6.66. The van der Waals surface area contributed by atoms with Gasteiger partial charge in [0.25, 0.3) is 0 Å². The Morgan fingerprint density at radius 2 is 2.29 bits per heavy atom. The summed E-state index contributed by atoms with van der Waals surface area (Å²) in [7, 11) is 0. The average Bonchev–Trinajstić information content (AvgIpc) is 2.34. The van der Waals surface area contributed by atoms with Gasteiger partial charge in [-0.05, 0) is 37.1 Å². The van der Waals surface area contributed by atoms with Crippen LogP contribution in [0.5, 0.6) is 0 Å². The van der Waals surface area contributed by atoms with Gasteiger partial charge in [-0.2, -0.15) is 0 Å². The molecule has 17 heavy (non-hydrogen) atoms. The topological polar surface area (TPSA) is 29.1 Å². The summed E-state index contributed by atoms with van der Waals surface area (Å²) < 4.78 is 13.6. The molecule has 0 aliphatic carbocycles. The molecule has 1 aliphatic rings. The van der Waals surface area contributed by atoms with Gasteiger partial charge in [-0.15, -0.1) is 0 Å². The molecule has 1 aromatic rings. The molecule has 1 N–H and O–H groups in total. The molecule has 2 nitrogen and oxygen atoms in total. The third kappa shape index (κ3) is 3.36. The van der Waals surface area contributed by atoms with Crippen LogP contribution in [-0.4, -0.2) is 18.4 Å². The molecule has 0 spiro atoms. The van der Waals surface area contributed by atoms with Gasteiger partial charge in [0.05, 0.1) is 6.04 Å². The van der Waals surface area contributed by atoms with E-state index in [1.165, 1.54) is 12.1 Å². The van der Waals surface area contributed by atoms with Crippen LogP contribution < -0.4 is 5.32 Å². The lowest BCUT2D eigenvalue weighted by atomic mass is 9.97. The lowest BCUT2D eigenvalue weighted by molar-refractivity contribution is -0.120. The zero-order valence-corrected chi connectivity index (χ0v) is 11.1. The Kier molecular flexibility index (Phi) is 4.29. The summed E-state index contributed by atoms with van der Waals surface area (Å²) in [5.41, 5.74) is 0.851. The second-order valence-corrected chi connectivity index (χ2v) is 5.24. The maximum Gasteiger partial charge on any atom is 0.154 e. The van der Waals surface area contributed by atoms with Crippen molar-refractivity contribution in [2.75, 3.05) is 6.54 Å². The molecule has 1 aliphatic heterocycles. The van der Waals surface area contributed by atoms with Crippen molar-refractivity contribution < 1.29 is 9.18 Å². The van der Waals surface area contributed by atoms with Crippen LogP contribution in [0, 0.1) is 5.82 Å². The van der Waals surface area contributed by atoms with E-state index in [2.05, 4.69) is 21.2 Å². The highest BCUT2D eigenvalue weighted by Crippen LogP contribution is 2.20. The van der Waals surface area contributed by atoms with E-state index in [1.807, 2.05) is 0 Å². The van der Waals surface area contributed by atoms with Crippen molar-refractivity contribution in [3.8, 4) is 0 Å². The van der Waals surface area contributed by atoms with Crippen molar-refractivity contribution in [3.05, 3.63) is 34.1 Å². The molecule has 1 unspecified atom stereocenters. The fourth-order valence-electron chi connectivity index (χ4n) is 2.10. The standard InChI is InChI=1S/C13H15BrFNO/c14-11-8-10(15)5-4-9(11)7-13(17)12-3-1-2-6-16-12/h4-5,8,12,16H,1-3,6-7H2. The van der Waals surface area contributed by atoms with Crippen LogP contribution in [0.15, 0.2) is 22.7 Å². The van der Waals surface area contributed by atoms with Crippen LogP contribution in [0.4, 0.5) is 4.39 Å². The summed E-state index contributed by atoms with van der Waals surface area (Å²) >= 11 is 3.29. The molecule has 1 fully saturated rings. The lowest BCUT2D eigenvalue weighted by Crippen LogP contribution is -2.41. The normalized spacial score (nSPS) is 20.2. The molecule has 0 amide bonds. The number of hydrogen-bond acceptors (Lipinski definition) is 2. The van der Waals surface area contributed by atoms with Gasteiger partial charge in [0.2, 0.25) is 0 Å². The van der Waals surface area contributed by atoms with Gasteiger partial charge in [0, 0.05) is 10.9 Å². The molecule has 1 aromatic carbocycles. The largest absolute Gasteiger partial charge is 0.307 e. The minimum absolute atomic E-state index is 0.0271. The summed E-state index contributed by atoms with van der Waals surface area (Å²) in [6, 6.07) is 4.43. The predicted molar refractivity (Wildman–Crippen MR) is 68.5 cm³/mol. The van der Waals surface area contributed by atoms with E-state index in [-0.39, 0.29) is 17.6 Å². The molecule has 0 radical (unpaired) electrons. The molecular weight excluding hydrogens is 285 g/mol. The zero-order chi connectivity index (χ0) is 12.3. The third-order valence-corrected chi connectivity index (χ3v) is 3.82. The molecule has 0 saturated carbocycles. The minimum Gasteiger partial charge on any atom is -0.307 e. The van der Waals surface area contributed by atoms with Gasteiger partial charge in [0.1, 0.15) is 5.82 Å². The molecule has 4 heteroatoms. The first-order valence-electron chi connectivity index (χ1n) is 5.87. The summed E-state index contributed by atoms with van der Waals surface area (Å²) in [4.78, 5) is 12.0. The van der Waals surface area contributed by atoms with E-state index in [1.54, 1.807) is 6.07 Å². The van der Waals surface area contributed by atoms with Gasteiger partial charge in [-0.1, -0.05) is 28.4 Å². The first-order chi connectivity index (χ1) is 8.16. The Morgan fingerprint density at radius 1 is 1.47 bits per heavy atom. The second-order valence-electron chi connectivity index (χ2n) is 4.38. The Hall–Kier alpha value is -0.740. The number of benzene rings is 1. The minimum atomic E-state index is -0.288. The van der Waals surface area contributed by atoms with Crippen LogP contribution in [0.1, 0.15) is 24.8 Å². The van der Waals surface area contributed by atoms with E-state index >= 15 is 0 Å². The van der Waals surface area contributed by atoms with Crippen molar-refractivity contribution in [3.63, 3.8) is 0 Å². The van der Waals surface area contributed by atoms with Crippen molar-refractivity contribution in [2.45, 2.75) is 31.7 Å². The van der Waals surface area contributed by atoms with Crippen molar-refractivity contribution >= 4 is 21.7 Å². The fraction of sp³-hybridized carbons (Fsp3) is 0.462. The van der Waals surface area contributed by atoms with E-state index in [0.29, 0.717) is 10.9 Å². The summed E-state index contributed by atoms with van der Waals surface area (Å²) in [5, 5.41) is 3.23. The summed E-state index contributed by atoms with van der Waals surface area (Å²) in [6.07, 6.45) is 3.52. The average molecular weight is 300 g/mol. The van der Waals surface area contributed by atoms with E-state index in [0.717, 1.165) is 31.4 Å². The molecule has 0 bridgehead atoms. The van der Waals surface area contributed by atoms with Crippen LogP contribution in [0.2, 0.25) is 0 Å². The molecule has 1 saturated heterocycles. The molecule has 1 heterocycles. The quantitative estimate of drug-likeness (QED) is 0.930. The Morgan fingerprint density at radius 3 is 2.94 bits per heavy atom. The fourth-order valence-corrected chi connectivity index (χ4v) is 2.59. The maximum absolute atomic E-state index is 12.9. The highest BCUT2D eigenvalue weighted by atomic mass is 79.9. The van der Waals surface area contributed by atoms with Gasteiger partial charge < -0.3 is 5.32 Å². The van der Waals surface area contributed by atoms with Crippen molar-refractivity contribution in [1.29, 1.82) is 0 Å². The highest BCUT2D eigenvalue weighted by Gasteiger charge is 2.21. The molecule has 0 aromatic heterocycles. The van der Waals surface area contributed by atoms with E-state index in [4.69, 9.17) is 0 Å². The number of carbonyl (C=O) groups is 1. The van der Waals surface area contributed by atoms with Crippen molar-refractivity contribution in [1.82, 2.24) is 5.32 Å². The van der Waals surface area contributed by atoms with Gasteiger partial charge in [0.15, 0.2) is 5.78 Å². The van der Waals surface area contributed by atoms with Crippen LogP contribution in [-0.2, 0) is 11.2 Å². The zero-order valence-electron chi connectivity index (χ0n) is 9.51. The van der Waals surface area contributed by atoms with Gasteiger partial charge in [-0.3, -0.25) is 4.79 Å². The molecule has 2 rings (SSSR count). The maximum atomic E-state index is 12.9. The number of piperidine rings is 1. The predicted octanol–water partition coefficient (Wildman–Crippen LogP) is 2.84.